The van der Waals surface area contributed by atoms with Gasteiger partial charge in [-0.15, -0.1) is 0 Å². The number of hydrogen-bond acceptors (Lipinski definition) is 4. The van der Waals surface area contributed by atoms with Gasteiger partial charge in [-0.2, -0.15) is 13.2 Å². The summed E-state index contributed by atoms with van der Waals surface area (Å²) in [6.07, 6.45) is -3.72. The Labute approximate surface area is 163 Å². The maximum atomic E-state index is 12.8. The average molecular weight is 410 g/mol. The van der Waals surface area contributed by atoms with Gasteiger partial charge in [-0.1, -0.05) is 29.8 Å². The minimum absolute atomic E-state index is 0.0631. The van der Waals surface area contributed by atoms with E-state index in [-0.39, 0.29) is 22.5 Å². The highest BCUT2D eigenvalue weighted by Gasteiger charge is 2.32. The summed E-state index contributed by atoms with van der Waals surface area (Å²) < 4.78 is 43.9. The summed E-state index contributed by atoms with van der Waals surface area (Å²) in [6, 6.07) is 9.94. The highest BCUT2D eigenvalue weighted by molar-refractivity contribution is 6.33. The Morgan fingerprint density at radius 1 is 1.11 bits per heavy atom. The maximum Gasteiger partial charge on any atom is 0.417 e. The number of fused-ring (bicyclic) bond motifs is 1. The molecule has 2 aromatic heterocycles. The zero-order valence-corrected chi connectivity index (χ0v) is 15.3. The van der Waals surface area contributed by atoms with Crippen LogP contribution in [0.4, 0.5) is 19.0 Å². The summed E-state index contributed by atoms with van der Waals surface area (Å²) >= 11 is 6.01. The van der Waals surface area contributed by atoms with Gasteiger partial charge >= 0.3 is 6.18 Å². The third-order valence-corrected chi connectivity index (χ3v) is 4.93. The Balaban J connectivity index is 1.45. The van der Waals surface area contributed by atoms with Crippen molar-refractivity contribution in [3.63, 3.8) is 0 Å². The molecule has 3 aromatic rings. The molecule has 146 valence electrons. The number of alkyl halides is 3. The van der Waals surface area contributed by atoms with E-state index >= 15 is 0 Å². The van der Waals surface area contributed by atoms with E-state index in [9.17, 15) is 18.0 Å². The zero-order chi connectivity index (χ0) is 19.9. The molecule has 0 spiro atoms. The number of amides is 1. The monoisotopic (exact) mass is 409 g/mol. The minimum Gasteiger partial charge on any atom is -0.451 e. The molecule has 1 aromatic carbocycles. The molecule has 4 rings (SSSR count). The summed E-state index contributed by atoms with van der Waals surface area (Å²) in [5, 5.41) is 0.789. The minimum atomic E-state index is -4.49. The smallest absolute Gasteiger partial charge is 0.417 e. The molecule has 0 N–H and O–H groups in total. The fourth-order valence-corrected chi connectivity index (χ4v) is 3.47. The molecule has 1 amide bonds. The van der Waals surface area contributed by atoms with Crippen LogP contribution in [0.1, 0.15) is 16.1 Å². The van der Waals surface area contributed by atoms with E-state index in [2.05, 4.69) is 4.98 Å². The Morgan fingerprint density at radius 3 is 2.46 bits per heavy atom. The lowest BCUT2D eigenvalue weighted by molar-refractivity contribution is -0.137. The van der Waals surface area contributed by atoms with Gasteiger partial charge in [0.05, 0.1) is 10.6 Å². The lowest BCUT2D eigenvalue weighted by atomic mass is 10.2. The van der Waals surface area contributed by atoms with E-state index in [0.29, 0.717) is 31.8 Å². The zero-order valence-electron chi connectivity index (χ0n) is 14.5. The SMILES string of the molecule is O=C(c1cc2ccccc2o1)N1CCN(c2ncc(C(F)(F)F)cc2Cl)CC1. The van der Waals surface area contributed by atoms with Crippen molar-refractivity contribution in [3.05, 3.63) is 58.9 Å². The number of rotatable bonds is 2. The van der Waals surface area contributed by atoms with Crippen LogP contribution >= 0.6 is 11.6 Å². The number of halogens is 4. The normalized spacial score (nSPS) is 15.3. The first-order chi connectivity index (χ1) is 13.3. The van der Waals surface area contributed by atoms with Crippen molar-refractivity contribution in [1.29, 1.82) is 0 Å². The number of carbonyl (C=O) groups excluding carboxylic acids is 1. The molecule has 1 fully saturated rings. The van der Waals surface area contributed by atoms with Crippen LogP contribution < -0.4 is 4.90 Å². The van der Waals surface area contributed by atoms with Crippen molar-refractivity contribution in [3.8, 4) is 0 Å². The van der Waals surface area contributed by atoms with Gasteiger partial charge in [0, 0.05) is 37.8 Å². The van der Waals surface area contributed by atoms with Gasteiger partial charge in [0.2, 0.25) is 0 Å². The highest BCUT2D eigenvalue weighted by Crippen LogP contribution is 2.33. The molecule has 1 aliphatic rings. The number of para-hydroxylation sites is 1. The van der Waals surface area contributed by atoms with E-state index in [4.69, 9.17) is 16.0 Å². The Bertz CT molecular complexity index is 994. The third kappa shape index (κ3) is 3.52. The number of pyridine rings is 1. The Kier molecular flexibility index (Phi) is 4.66. The predicted molar refractivity (Wildman–Crippen MR) is 98.6 cm³/mol. The maximum absolute atomic E-state index is 12.8. The van der Waals surface area contributed by atoms with E-state index in [1.54, 1.807) is 21.9 Å². The van der Waals surface area contributed by atoms with Crippen LogP contribution in [-0.2, 0) is 6.18 Å². The molecule has 0 aliphatic carbocycles. The van der Waals surface area contributed by atoms with Crippen LogP contribution in [0.25, 0.3) is 11.0 Å². The van der Waals surface area contributed by atoms with Crippen LogP contribution in [0, 0.1) is 0 Å². The van der Waals surface area contributed by atoms with Gasteiger partial charge in [0.25, 0.3) is 5.91 Å². The molecular weight excluding hydrogens is 395 g/mol. The van der Waals surface area contributed by atoms with E-state index < -0.39 is 11.7 Å². The number of nitrogens with zero attached hydrogens (tertiary/aromatic N) is 3. The number of piperazine rings is 1. The quantitative estimate of drug-likeness (QED) is 0.627. The number of aromatic nitrogens is 1. The van der Waals surface area contributed by atoms with Gasteiger partial charge in [-0.3, -0.25) is 4.79 Å². The molecule has 28 heavy (non-hydrogen) atoms. The molecule has 3 heterocycles. The molecular formula is C19H15ClF3N3O2. The van der Waals surface area contributed by atoms with E-state index in [1.807, 2.05) is 18.2 Å². The molecule has 1 saturated heterocycles. The third-order valence-electron chi connectivity index (χ3n) is 4.65. The van der Waals surface area contributed by atoms with E-state index in [1.165, 1.54) is 0 Å². The second-order valence-corrected chi connectivity index (χ2v) is 6.86. The first-order valence-corrected chi connectivity index (χ1v) is 8.96. The molecule has 0 atom stereocenters. The van der Waals surface area contributed by atoms with Gasteiger partial charge in [0.1, 0.15) is 11.4 Å². The van der Waals surface area contributed by atoms with Crippen LogP contribution in [0.2, 0.25) is 5.02 Å². The first kappa shape index (κ1) is 18.6. The van der Waals surface area contributed by atoms with Crippen molar-refractivity contribution >= 4 is 34.3 Å². The molecule has 5 nitrogen and oxygen atoms in total. The van der Waals surface area contributed by atoms with Crippen molar-refractivity contribution in [2.45, 2.75) is 6.18 Å². The van der Waals surface area contributed by atoms with Gasteiger partial charge in [-0.05, 0) is 18.2 Å². The first-order valence-electron chi connectivity index (χ1n) is 8.58. The van der Waals surface area contributed by atoms with Crippen molar-refractivity contribution in [2.75, 3.05) is 31.1 Å². The van der Waals surface area contributed by atoms with Crippen LogP contribution in [0.3, 0.4) is 0 Å². The molecule has 0 radical (unpaired) electrons. The fourth-order valence-electron chi connectivity index (χ4n) is 3.18. The summed E-state index contributed by atoms with van der Waals surface area (Å²) in [5.41, 5.74) is -0.245. The topological polar surface area (TPSA) is 49.6 Å². The second-order valence-electron chi connectivity index (χ2n) is 6.45. The number of hydrogen-bond donors (Lipinski definition) is 0. The van der Waals surface area contributed by atoms with E-state index in [0.717, 1.165) is 17.6 Å². The average Bonchev–Trinajstić information content (AvgIpc) is 3.11. The second kappa shape index (κ2) is 7.01. The number of benzene rings is 1. The molecule has 0 unspecified atom stereocenters. The molecule has 9 heteroatoms. The summed E-state index contributed by atoms with van der Waals surface area (Å²) in [5.74, 6) is 0.327. The molecule has 0 saturated carbocycles. The van der Waals surface area contributed by atoms with Crippen LogP contribution in [-0.4, -0.2) is 42.0 Å². The highest BCUT2D eigenvalue weighted by atomic mass is 35.5. The molecule has 0 bridgehead atoms. The summed E-state index contributed by atoms with van der Waals surface area (Å²) in [6.45, 7) is 1.58. The van der Waals surface area contributed by atoms with Crippen molar-refractivity contribution in [1.82, 2.24) is 9.88 Å². The van der Waals surface area contributed by atoms with Crippen molar-refractivity contribution in [2.24, 2.45) is 0 Å². The summed E-state index contributed by atoms with van der Waals surface area (Å²) in [4.78, 5) is 20.0. The lowest BCUT2D eigenvalue weighted by Gasteiger charge is -2.35. The Hall–Kier alpha value is -2.74. The van der Waals surface area contributed by atoms with Gasteiger partial charge < -0.3 is 14.2 Å². The van der Waals surface area contributed by atoms with Crippen LogP contribution in [0.5, 0.6) is 0 Å². The fraction of sp³-hybridized carbons (Fsp3) is 0.263. The predicted octanol–water partition coefficient (Wildman–Crippen LogP) is 4.46. The van der Waals surface area contributed by atoms with Gasteiger partial charge in [-0.25, -0.2) is 4.98 Å². The summed E-state index contributed by atoms with van der Waals surface area (Å²) in [7, 11) is 0. The van der Waals surface area contributed by atoms with Gasteiger partial charge in [0.15, 0.2) is 5.76 Å². The number of carbonyl (C=O) groups is 1. The standard InChI is InChI=1S/C19H15ClF3N3O2/c20-14-10-13(19(21,22)23)11-24-17(14)25-5-7-26(8-6-25)18(27)16-9-12-3-1-2-4-15(12)28-16/h1-4,9-11H,5-8H2. The Morgan fingerprint density at radius 2 is 1.82 bits per heavy atom. The largest absolute Gasteiger partial charge is 0.451 e. The molecule has 1 aliphatic heterocycles. The number of furan rings is 1. The van der Waals surface area contributed by atoms with Crippen molar-refractivity contribution < 1.29 is 22.4 Å². The van der Waals surface area contributed by atoms with Crippen LogP contribution in [0.15, 0.2) is 47.0 Å². The lowest BCUT2D eigenvalue weighted by Crippen LogP contribution is -2.49. The number of anilines is 1.